The molecule has 1 atom stereocenters. The van der Waals surface area contributed by atoms with Crippen molar-refractivity contribution in [3.8, 4) is 0 Å². The van der Waals surface area contributed by atoms with Crippen molar-refractivity contribution >= 4 is 23.2 Å². The summed E-state index contributed by atoms with van der Waals surface area (Å²) in [5.41, 5.74) is 6.91. The zero-order chi connectivity index (χ0) is 14.3. The van der Waals surface area contributed by atoms with Crippen molar-refractivity contribution in [3.63, 3.8) is 0 Å². The lowest BCUT2D eigenvalue weighted by Gasteiger charge is -2.14. The third-order valence-electron chi connectivity index (χ3n) is 2.74. The molecule has 0 aliphatic heterocycles. The molecule has 1 aromatic carbocycles. The second kappa shape index (κ2) is 7.53. The molecule has 0 heterocycles. The van der Waals surface area contributed by atoms with Gasteiger partial charge in [0, 0.05) is 24.8 Å². The van der Waals surface area contributed by atoms with E-state index in [-0.39, 0.29) is 17.7 Å². The molecule has 5 heteroatoms. The van der Waals surface area contributed by atoms with Gasteiger partial charge in [0.2, 0.25) is 11.8 Å². The highest BCUT2D eigenvalue weighted by Crippen LogP contribution is 2.16. The topological polar surface area (TPSA) is 84.2 Å². The minimum absolute atomic E-state index is 0.0793. The summed E-state index contributed by atoms with van der Waals surface area (Å²) in [5.74, 6) is -0.395. The molecule has 104 valence electrons. The molecule has 0 aromatic heterocycles. The lowest BCUT2D eigenvalue weighted by molar-refractivity contribution is -0.119. The molecule has 19 heavy (non-hydrogen) atoms. The van der Waals surface area contributed by atoms with Crippen LogP contribution in [-0.2, 0) is 9.59 Å². The van der Waals surface area contributed by atoms with E-state index in [0.29, 0.717) is 17.9 Å². The predicted molar refractivity (Wildman–Crippen MR) is 76.8 cm³/mol. The normalized spacial score (nSPS) is 11.7. The first kappa shape index (κ1) is 15.2. The molecule has 0 saturated carbocycles. The Kier molecular flexibility index (Phi) is 6.02. The fourth-order valence-electron chi connectivity index (χ4n) is 1.83. The summed E-state index contributed by atoms with van der Waals surface area (Å²) in [6.07, 6.45) is 1.69. The van der Waals surface area contributed by atoms with Gasteiger partial charge in [-0.3, -0.25) is 9.59 Å². The van der Waals surface area contributed by atoms with Gasteiger partial charge in [-0.15, -0.1) is 0 Å². The van der Waals surface area contributed by atoms with E-state index < -0.39 is 0 Å². The number of carbonyl (C=O) groups excluding carboxylic acids is 2. The van der Waals surface area contributed by atoms with Crippen molar-refractivity contribution < 1.29 is 9.59 Å². The maximum atomic E-state index is 12.0. The van der Waals surface area contributed by atoms with Gasteiger partial charge >= 0.3 is 0 Å². The second-order valence-corrected chi connectivity index (χ2v) is 4.47. The maximum absolute atomic E-state index is 12.0. The first-order valence-electron chi connectivity index (χ1n) is 6.45. The van der Waals surface area contributed by atoms with Crippen LogP contribution in [0.15, 0.2) is 24.3 Å². The fourth-order valence-corrected chi connectivity index (χ4v) is 1.83. The van der Waals surface area contributed by atoms with Gasteiger partial charge in [0.1, 0.15) is 0 Å². The Morgan fingerprint density at radius 2 is 1.89 bits per heavy atom. The van der Waals surface area contributed by atoms with Crippen LogP contribution in [0.1, 0.15) is 26.7 Å². The average molecular weight is 263 g/mol. The summed E-state index contributed by atoms with van der Waals surface area (Å²) in [5, 5.41) is 5.49. The number of anilines is 2. The molecule has 0 bridgehead atoms. The fraction of sp³-hybridized carbons (Fsp3) is 0.429. The lowest BCUT2D eigenvalue weighted by Crippen LogP contribution is -2.29. The second-order valence-electron chi connectivity index (χ2n) is 4.47. The Morgan fingerprint density at radius 3 is 2.42 bits per heavy atom. The largest absolute Gasteiger partial charge is 0.330 e. The van der Waals surface area contributed by atoms with Gasteiger partial charge in [-0.25, -0.2) is 0 Å². The quantitative estimate of drug-likeness (QED) is 0.733. The number of carbonyl (C=O) groups is 2. The molecular weight excluding hydrogens is 242 g/mol. The summed E-state index contributed by atoms with van der Waals surface area (Å²) < 4.78 is 0. The number of amides is 2. The molecule has 1 aromatic rings. The van der Waals surface area contributed by atoms with E-state index in [1.54, 1.807) is 24.3 Å². The van der Waals surface area contributed by atoms with E-state index in [2.05, 4.69) is 10.6 Å². The monoisotopic (exact) mass is 263 g/mol. The molecule has 4 N–H and O–H groups in total. The summed E-state index contributed by atoms with van der Waals surface area (Å²) >= 11 is 0. The minimum Gasteiger partial charge on any atom is -0.330 e. The highest BCUT2D eigenvalue weighted by atomic mass is 16.2. The van der Waals surface area contributed by atoms with Crippen LogP contribution < -0.4 is 16.4 Å². The molecule has 1 unspecified atom stereocenters. The third-order valence-corrected chi connectivity index (χ3v) is 2.74. The van der Waals surface area contributed by atoms with Crippen LogP contribution in [0.5, 0.6) is 0 Å². The number of hydrogen-bond donors (Lipinski definition) is 3. The smallest absolute Gasteiger partial charge is 0.228 e. The Bertz CT molecular complexity index is 446. The summed E-state index contributed by atoms with van der Waals surface area (Å²) in [6.45, 7) is 3.80. The van der Waals surface area contributed by atoms with Crippen LogP contribution in [0.2, 0.25) is 0 Å². The molecule has 0 radical (unpaired) electrons. The average Bonchev–Trinajstić information content (AvgIpc) is 2.35. The number of nitrogens with one attached hydrogen (secondary N) is 2. The summed E-state index contributed by atoms with van der Waals surface area (Å²) in [6, 6.07) is 7.04. The van der Waals surface area contributed by atoms with E-state index in [0.717, 1.165) is 12.8 Å². The van der Waals surface area contributed by atoms with E-state index in [9.17, 15) is 9.59 Å². The van der Waals surface area contributed by atoms with Gasteiger partial charge < -0.3 is 16.4 Å². The van der Waals surface area contributed by atoms with Crippen molar-refractivity contribution in [2.75, 3.05) is 17.2 Å². The molecule has 0 aliphatic rings. The number of nitrogens with two attached hydrogens (primary N) is 1. The van der Waals surface area contributed by atoms with Gasteiger partial charge in [-0.2, -0.15) is 0 Å². The van der Waals surface area contributed by atoms with Crippen molar-refractivity contribution in [1.29, 1.82) is 0 Å². The first-order valence-corrected chi connectivity index (χ1v) is 6.45. The summed E-state index contributed by atoms with van der Waals surface area (Å²) in [7, 11) is 0. The van der Waals surface area contributed by atoms with Crippen LogP contribution in [0.4, 0.5) is 11.4 Å². The molecule has 0 aliphatic carbocycles. The highest BCUT2D eigenvalue weighted by Gasteiger charge is 2.15. The van der Waals surface area contributed by atoms with Crippen LogP contribution in [0.25, 0.3) is 0 Å². The van der Waals surface area contributed by atoms with E-state index in [4.69, 9.17) is 5.73 Å². The summed E-state index contributed by atoms with van der Waals surface area (Å²) in [4.78, 5) is 23.0. The van der Waals surface area contributed by atoms with Crippen molar-refractivity contribution in [1.82, 2.24) is 0 Å². The van der Waals surface area contributed by atoms with Crippen LogP contribution in [0.3, 0.4) is 0 Å². The Labute approximate surface area is 113 Å². The standard InChI is InChI=1S/C14H21N3O2/c1-3-5-11(9-15)14(19)17-13-7-4-6-12(8-13)16-10(2)18/h4,6-8,11H,3,5,9,15H2,1-2H3,(H,16,18)(H,17,19). The van der Waals surface area contributed by atoms with Crippen LogP contribution in [0, 0.1) is 5.92 Å². The van der Waals surface area contributed by atoms with Gasteiger partial charge in [0.05, 0.1) is 5.92 Å². The molecule has 1 rings (SSSR count). The van der Waals surface area contributed by atoms with Crippen LogP contribution in [-0.4, -0.2) is 18.4 Å². The molecule has 2 amide bonds. The first-order chi connectivity index (χ1) is 9.06. The van der Waals surface area contributed by atoms with E-state index in [1.165, 1.54) is 6.92 Å². The number of rotatable bonds is 6. The van der Waals surface area contributed by atoms with Gasteiger partial charge in [0.15, 0.2) is 0 Å². The molecular formula is C14H21N3O2. The van der Waals surface area contributed by atoms with Crippen molar-refractivity contribution in [2.45, 2.75) is 26.7 Å². The van der Waals surface area contributed by atoms with Gasteiger partial charge in [0.25, 0.3) is 0 Å². The Balaban J connectivity index is 2.70. The van der Waals surface area contributed by atoms with Crippen LogP contribution >= 0.6 is 0 Å². The molecule has 5 nitrogen and oxygen atoms in total. The predicted octanol–water partition coefficient (Wildman–Crippen LogP) is 1.96. The van der Waals surface area contributed by atoms with Gasteiger partial charge in [-0.1, -0.05) is 19.4 Å². The zero-order valence-corrected chi connectivity index (χ0v) is 11.4. The Morgan fingerprint density at radius 1 is 1.26 bits per heavy atom. The third kappa shape index (κ3) is 5.09. The SMILES string of the molecule is CCCC(CN)C(=O)Nc1cccc(NC(C)=O)c1. The Hall–Kier alpha value is -1.88. The van der Waals surface area contributed by atoms with E-state index in [1.807, 2.05) is 6.92 Å². The molecule has 0 spiro atoms. The molecule has 0 fully saturated rings. The zero-order valence-electron chi connectivity index (χ0n) is 11.4. The number of hydrogen-bond acceptors (Lipinski definition) is 3. The van der Waals surface area contributed by atoms with Crippen molar-refractivity contribution in [2.24, 2.45) is 11.7 Å². The van der Waals surface area contributed by atoms with Crippen molar-refractivity contribution in [3.05, 3.63) is 24.3 Å². The maximum Gasteiger partial charge on any atom is 0.228 e. The highest BCUT2D eigenvalue weighted by molar-refractivity contribution is 5.94. The van der Waals surface area contributed by atoms with Gasteiger partial charge in [-0.05, 0) is 24.6 Å². The number of benzene rings is 1. The minimum atomic E-state index is -0.172. The molecule has 0 saturated heterocycles. The lowest BCUT2D eigenvalue weighted by atomic mass is 10.0. The van der Waals surface area contributed by atoms with E-state index >= 15 is 0 Å².